The van der Waals surface area contributed by atoms with Crippen molar-refractivity contribution in [2.24, 2.45) is 0 Å². The highest BCUT2D eigenvalue weighted by molar-refractivity contribution is 5.76. The number of hydrogen-bond acceptors (Lipinski definition) is 2. The van der Waals surface area contributed by atoms with E-state index in [1.165, 1.54) is 37.7 Å². The summed E-state index contributed by atoms with van der Waals surface area (Å²) in [5.41, 5.74) is 1.46. The van der Waals surface area contributed by atoms with Gasteiger partial charge in [-0.25, -0.2) is 0 Å². The molecule has 21 heavy (non-hydrogen) atoms. The molecular formula is C18H26N2O. The Kier molecular flexibility index (Phi) is 4.91. The minimum absolute atomic E-state index is 0.334. The fourth-order valence-corrected chi connectivity index (χ4v) is 3.47. The molecule has 0 radical (unpaired) electrons. The van der Waals surface area contributed by atoms with Crippen LogP contribution in [0.15, 0.2) is 30.3 Å². The Morgan fingerprint density at radius 1 is 1.10 bits per heavy atom. The second kappa shape index (κ2) is 7.08. The number of nitrogens with one attached hydrogen (secondary N) is 1. The maximum atomic E-state index is 12.1. The van der Waals surface area contributed by atoms with E-state index < -0.39 is 0 Å². The highest BCUT2D eigenvalue weighted by Crippen LogP contribution is 2.36. The van der Waals surface area contributed by atoms with E-state index in [4.69, 9.17) is 0 Å². The highest BCUT2D eigenvalue weighted by atomic mass is 16.2. The molecular weight excluding hydrogens is 260 g/mol. The van der Waals surface area contributed by atoms with Gasteiger partial charge in [-0.05, 0) is 43.6 Å². The quantitative estimate of drug-likeness (QED) is 0.902. The third kappa shape index (κ3) is 3.85. The second-order valence-electron chi connectivity index (χ2n) is 6.42. The number of carbonyl (C=O) groups excluding carboxylic acids is 1. The number of hydrogen-bond donors (Lipinski definition) is 1. The van der Waals surface area contributed by atoms with Crippen LogP contribution in [-0.2, 0) is 4.79 Å². The predicted molar refractivity (Wildman–Crippen MR) is 85.3 cm³/mol. The number of rotatable bonds is 5. The first-order valence-corrected chi connectivity index (χ1v) is 8.39. The van der Waals surface area contributed by atoms with Crippen LogP contribution in [0.1, 0.15) is 50.0 Å². The molecule has 3 heteroatoms. The molecule has 0 aromatic heterocycles. The van der Waals surface area contributed by atoms with Gasteiger partial charge in [0.25, 0.3) is 0 Å². The van der Waals surface area contributed by atoms with Crippen molar-refractivity contribution in [3.05, 3.63) is 35.9 Å². The van der Waals surface area contributed by atoms with Crippen molar-refractivity contribution in [3.8, 4) is 0 Å². The van der Waals surface area contributed by atoms with E-state index in [1.807, 2.05) is 4.90 Å². The molecule has 1 aliphatic carbocycles. The molecule has 3 nitrogen and oxygen atoms in total. The fraction of sp³-hybridized carbons (Fsp3) is 0.611. The summed E-state index contributed by atoms with van der Waals surface area (Å²) in [4.78, 5) is 14.1. The lowest BCUT2D eigenvalue weighted by atomic mass is 9.76. The highest BCUT2D eigenvalue weighted by Gasteiger charge is 2.29. The van der Waals surface area contributed by atoms with E-state index >= 15 is 0 Å². The van der Waals surface area contributed by atoms with Crippen LogP contribution in [0.25, 0.3) is 0 Å². The van der Waals surface area contributed by atoms with Gasteiger partial charge in [0.15, 0.2) is 0 Å². The number of amides is 1. The summed E-state index contributed by atoms with van der Waals surface area (Å²) >= 11 is 0. The molecule has 0 bridgehead atoms. The van der Waals surface area contributed by atoms with Gasteiger partial charge in [-0.2, -0.15) is 0 Å². The van der Waals surface area contributed by atoms with Crippen LogP contribution in [-0.4, -0.2) is 36.5 Å². The van der Waals surface area contributed by atoms with E-state index in [-0.39, 0.29) is 0 Å². The first-order chi connectivity index (χ1) is 10.3. The van der Waals surface area contributed by atoms with Gasteiger partial charge in [0.1, 0.15) is 0 Å². The number of piperidine rings is 1. The monoisotopic (exact) mass is 286 g/mol. The molecule has 0 atom stereocenters. The van der Waals surface area contributed by atoms with Crippen LogP contribution in [0.2, 0.25) is 0 Å². The molecule has 1 heterocycles. The third-order valence-electron chi connectivity index (χ3n) is 4.89. The number of nitrogens with zero attached hydrogens (tertiary/aromatic N) is 1. The molecule has 2 fully saturated rings. The molecule has 0 unspecified atom stereocenters. The van der Waals surface area contributed by atoms with Crippen LogP contribution < -0.4 is 5.32 Å². The maximum Gasteiger partial charge on any atom is 0.223 e. The third-order valence-corrected chi connectivity index (χ3v) is 4.89. The number of benzene rings is 1. The molecule has 1 N–H and O–H groups in total. The van der Waals surface area contributed by atoms with Crippen molar-refractivity contribution in [2.75, 3.05) is 19.6 Å². The maximum absolute atomic E-state index is 12.1. The van der Waals surface area contributed by atoms with Gasteiger partial charge in [0.05, 0.1) is 0 Å². The van der Waals surface area contributed by atoms with Crippen molar-refractivity contribution < 1.29 is 4.79 Å². The zero-order valence-electron chi connectivity index (χ0n) is 12.8. The van der Waals surface area contributed by atoms with Crippen molar-refractivity contribution in [1.82, 2.24) is 10.2 Å². The first kappa shape index (κ1) is 14.6. The van der Waals surface area contributed by atoms with Gasteiger partial charge in [0.2, 0.25) is 5.91 Å². The summed E-state index contributed by atoms with van der Waals surface area (Å²) in [6.07, 6.45) is 6.72. The van der Waals surface area contributed by atoms with Gasteiger partial charge >= 0.3 is 0 Å². The number of carbonyl (C=O) groups is 1. The zero-order valence-corrected chi connectivity index (χ0v) is 12.8. The van der Waals surface area contributed by atoms with Gasteiger partial charge in [0, 0.05) is 32.1 Å². The molecule has 1 saturated heterocycles. The van der Waals surface area contributed by atoms with Crippen LogP contribution in [0.3, 0.4) is 0 Å². The van der Waals surface area contributed by atoms with Gasteiger partial charge < -0.3 is 10.2 Å². The molecule has 114 valence electrons. The molecule has 1 amide bonds. The average molecular weight is 286 g/mol. The van der Waals surface area contributed by atoms with E-state index in [1.54, 1.807) is 0 Å². The standard InChI is InChI=1S/C18H26N2O/c21-18(20-11-5-2-6-12-20)9-10-19-17-13-16(14-17)15-7-3-1-4-8-15/h1,3-4,7-8,16-17,19H,2,5-6,9-14H2. The van der Waals surface area contributed by atoms with E-state index in [0.717, 1.165) is 19.6 Å². The molecule has 2 aliphatic rings. The van der Waals surface area contributed by atoms with Crippen LogP contribution in [0, 0.1) is 0 Å². The van der Waals surface area contributed by atoms with Crippen LogP contribution in [0.5, 0.6) is 0 Å². The summed E-state index contributed by atoms with van der Waals surface area (Å²) < 4.78 is 0. The lowest BCUT2D eigenvalue weighted by molar-refractivity contribution is -0.132. The molecule has 1 aliphatic heterocycles. The van der Waals surface area contributed by atoms with E-state index in [0.29, 0.717) is 24.3 Å². The Bertz CT molecular complexity index is 448. The predicted octanol–water partition coefficient (Wildman–Crippen LogP) is 2.92. The molecule has 1 aromatic carbocycles. The average Bonchev–Trinajstić information content (AvgIpc) is 2.51. The minimum Gasteiger partial charge on any atom is -0.343 e. The number of likely N-dealkylation sites (tertiary alicyclic amines) is 1. The summed E-state index contributed by atoms with van der Waals surface area (Å²) in [6.45, 7) is 2.78. The van der Waals surface area contributed by atoms with Crippen molar-refractivity contribution in [2.45, 2.75) is 50.5 Å². The van der Waals surface area contributed by atoms with Crippen LogP contribution >= 0.6 is 0 Å². The lowest BCUT2D eigenvalue weighted by Crippen LogP contribution is -2.42. The van der Waals surface area contributed by atoms with Crippen molar-refractivity contribution >= 4 is 5.91 Å². The Labute approximate surface area is 127 Å². The zero-order chi connectivity index (χ0) is 14.5. The summed E-state index contributed by atoms with van der Waals surface area (Å²) in [5, 5.41) is 3.54. The Morgan fingerprint density at radius 3 is 2.52 bits per heavy atom. The Hall–Kier alpha value is -1.35. The molecule has 3 rings (SSSR count). The first-order valence-electron chi connectivity index (χ1n) is 8.39. The van der Waals surface area contributed by atoms with Crippen molar-refractivity contribution in [1.29, 1.82) is 0 Å². The van der Waals surface area contributed by atoms with Gasteiger partial charge in [-0.3, -0.25) is 4.79 Å². The van der Waals surface area contributed by atoms with E-state index in [2.05, 4.69) is 35.6 Å². The van der Waals surface area contributed by atoms with Crippen molar-refractivity contribution in [3.63, 3.8) is 0 Å². The fourth-order valence-electron chi connectivity index (χ4n) is 3.47. The summed E-state index contributed by atoms with van der Waals surface area (Å²) in [7, 11) is 0. The molecule has 0 spiro atoms. The second-order valence-corrected chi connectivity index (χ2v) is 6.42. The Morgan fingerprint density at radius 2 is 1.81 bits per heavy atom. The summed E-state index contributed by atoms with van der Waals surface area (Å²) in [5.74, 6) is 1.04. The normalized spacial score (nSPS) is 25.4. The van der Waals surface area contributed by atoms with E-state index in [9.17, 15) is 4.79 Å². The summed E-state index contributed by atoms with van der Waals surface area (Å²) in [6, 6.07) is 11.4. The lowest BCUT2D eigenvalue weighted by Gasteiger charge is -2.36. The van der Waals surface area contributed by atoms with Gasteiger partial charge in [-0.1, -0.05) is 30.3 Å². The van der Waals surface area contributed by atoms with Crippen LogP contribution in [0.4, 0.5) is 0 Å². The molecule has 1 aromatic rings. The minimum atomic E-state index is 0.334. The molecule has 1 saturated carbocycles. The van der Waals surface area contributed by atoms with Gasteiger partial charge in [-0.15, -0.1) is 0 Å². The smallest absolute Gasteiger partial charge is 0.223 e. The largest absolute Gasteiger partial charge is 0.343 e. The SMILES string of the molecule is O=C(CCNC1CC(c2ccccc2)C1)N1CCCCC1. The Balaban J connectivity index is 1.32. The topological polar surface area (TPSA) is 32.3 Å².